The molecule has 32 heavy (non-hydrogen) atoms. The number of aromatic nitrogens is 3. The molecule has 0 bridgehead atoms. The number of nitriles is 1. The molecule has 158 valence electrons. The van der Waals surface area contributed by atoms with Gasteiger partial charge in [0.05, 0.1) is 23.1 Å². The fraction of sp³-hybridized carbons (Fsp3) is 0.120. The molecular formula is C25H21N5OS. The summed E-state index contributed by atoms with van der Waals surface area (Å²) < 4.78 is 1.82. The predicted octanol–water partition coefficient (Wildman–Crippen LogP) is 4.95. The van der Waals surface area contributed by atoms with Gasteiger partial charge in [-0.25, -0.2) is 4.68 Å². The number of carbonyl (C=O) groups excluding carboxylic acids is 1. The van der Waals surface area contributed by atoms with E-state index in [-0.39, 0.29) is 12.3 Å². The van der Waals surface area contributed by atoms with Crippen molar-refractivity contribution in [2.24, 2.45) is 0 Å². The highest BCUT2D eigenvalue weighted by atomic mass is 32.1. The molecule has 0 unspecified atom stereocenters. The van der Waals surface area contributed by atoms with Crippen molar-refractivity contribution < 1.29 is 4.79 Å². The van der Waals surface area contributed by atoms with E-state index >= 15 is 0 Å². The van der Waals surface area contributed by atoms with Gasteiger partial charge >= 0.3 is 0 Å². The zero-order valence-electron chi connectivity index (χ0n) is 17.3. The van der Waals surface area contributed by atoms with E-state index in [2.05, 4.69) is 11.1 Å². The van der Waals surface area contributed by atoms with Crippen molar-refractivity contribution in [2.45, 2.75) is 13.0 Å². The Kier molecular flexibility index (Phi) is 6.85. The Balaban J connectivity index is 1.61. The summed E-state index contributed by atoms with van der Waals surface area (Å²) in [6.45, 7) is 0.759. The van der Waals surface area contributed by atoms with E-state index in [1.165, 1.54) is 0 Å². The van der Waals surface area contributed by atoms with E-state index < -0.39 is 0 Å². The summed E-state index contributed by atoms with van der Waals surface area (Å²) in [6.07, 6.45) is 8.97. The molecule has 0 N–H and O–H groups in total. The molecule has 0 aliphatic rings. The average molecular weight is 440 g/mol. The standard InChI is InChI=1S/C25H21N5OS/c26-13-6-15-29(18-20-7-4-14-27-17-20)24(31)12-11-21-19-30(22-8-2-1-3-9-22)28-25(21)23-10-5-16-32-23/h1-5,7-12,14,16-17,19H,6,15,18H2/b12-11+. The topological polar surface area (TPSA) is 74.8 Å². The zero-order valence-corrected chi connectivity index (χ0v) is 18.2. The van der Waals surface area contributed by atoms with Crippen LogP contribution in [0.2, 0.25) is 0 Å². The Morgan fingerprint density at radius 1 is 1.16 bits per heavy atom. The minimum Gasteiger partial charge on any atom is -0.334 e. The number of para-hydroxylation sites is 1. The first kappa shape index (κ1) is 21.2. The van der Waals surface area contributed by atoms with Crippen molar-refractivity contribution in [3.8, 4) is 22.3 Å². The van der Waals surface area contributed by atoms with E-state index in [1.54, 1.807) is 40.8 Å². The molecule has 6 nitrogen and oxygen atoms in total. The summed E-state index contributed by atoms with van der Waals surface area (Å²) in [7, 11) is 0. The summed E-state index contributed by atoms with van der Waals surface area (Å²) in [5.41, 5.74) is 3.54. The van der Waals surface area contributed by atoms with Crippen LogP contribution in [0.5, 0.6) is 0 Å². The van der Waals surface area contributed by atoms with E-state index in [0.29, 0.717) is 13.1 Å². The molecule has 0 radical (unpaired) electrons. The van der Waals surface area contributed by atoms with Gasteiger partial charge < -0.3 is 4.90 Å². The number of amides is 1. The van der Waals surface area contributed by atoms with E-state index in [4.69, 9.17) is 10.4 Å². The van der Waals surface area contributed by atoms with Gasteiger partial charge in [0, 0.05) is 43.3 Å². The lowest BCUT2D eigenvalue weighted by molar-refractivity contribution is -0.126. The predicted molar refractivity (Wildman–Crippen MR) is 126 cm³/mol. The summed E-state index contributed by atoms with van der Waals surface area (Å²) >= 11 is 1.60. The maximum Gasteiger partial charge on any atom is 0.246 e. The number of hydrogen-bond acceptors (Lipinski definition) is 5. The molecule has 0 fully saturated rings. The minimum absolute atomic E-state index is 0.159. The van der Waals surface area contributed by atoms with Gasteiger partial charge in [0.25, 0.3) is 0 Å². The Morgan fingerprint density at radius 3 is 2.75 bits per heavy atom. The molecule has 0 saturated heterocycles. The van der Waals surface area contributed by atoms with E-state index in [0.717, 1.165) is 27.4 Å². The Morgan fingerprint density at radius 2 is 2.03 bits per heavy atom. The molecule has 4 aromatic rings. The molecule has 0 atom stereocenters. The Hall–Kier alpha value is -4.02. The minimum atomic E-state index is -0.159. The smallest absolute Gasteiger partial charge is 0.246 e. The normalized spacial score (nSPS) is 10.8. The van der Waals surface area contributed by atoms with Crippen molar-refractivity contribution in [3.63, 3.8) is 0 Å². The van der Waals surface area contributed by atoms with Gasteiger partial charge in [-0.2, -0.15) is 10.4 Å². The second kappa shape index (κ2) is 10.3. The first-order chi connectivity index (χ1) is 15.7. The number of thiophene rings is 1. The highest BCUT2D eigenvalue weighted by Gasteiger charge is 2.14. The first-order valence-corrected chi connectivity index (χ1v) is 11.0. The van der Waals surface area contributed by atoms with Gasteiger partial charge in [-0.05, 0) is 41.3 Å². The molecule has 0 aliphatic heterocycles. The lowest BCUT2D eigenvalue weighted by Gasteiger charge is -2.19. The van der Waals surface area contributed by atoms with Crippen LogP contribution in [0, 0.1) is 11.3 Å². The number of carbonyl (C=O) groups is 1. The maximum absolute atomic E-state index is 13.0. The average Bonchev–Trinajstić information content (AvgIpc) is 3.51. The molecule has 0 saturated carbocycles. The quantitative estimate of drug-likeness (QED) is 0.364. The van der Waals surface area contributed by atoms with Crippen molar-refractivity contribution >= 4 is 23.3 Å². The van der Waals surface area contributed by atoms with Gasteiger partial charge in [0.1, 0.15) is 5.69 Å². The van der Waals surface area contributed by atoms with Crippen LogP contribution in [-0.2, 0) is 11.3 Å². The zero-order chi connectivity index (χ0) is 22.2. The van der Waals surface area contributed by atoms with E-state index in [1.807, 2.05) is 70.9 Å². The lowest BCUT2D eigenvalue weighted by atomic mass is 10.2. The third kappa shape index (κ3) is 5.17. The fourth-order valence-electron chi connectivity index (χ4n) is 3.26. The van der Waals surface area contributed by atoms with Crippen molar-refractivity contribution in [3.05, 3.63) is 95.8 Å². The monoisotopic (exact) mass is 439 g/mol. The second-order valence-corrected chi connectivity index (χ2v) is 8.00. The number of hydrogen-bond donors (Lipinski definition) is 0. The molecule has 4 rings (SSSR count). The summed E-state index contributed by atoms with van der Waals surface area (Å²) in [6, 6.07) is 19.7. The Labute approximate surface area is 190 Å². The Bertz CT molecular complexity index is 1220. The summed E-state index contributed by atoms with van der Waals surface area (Å²) in [4.78, 5) is 19.8. The molecular weight excluding hydrogens is 418 g/mol. The van der Waals surface area contributed by atoms with Gasteiger partial charge in [-0.15, -0.1) is 11.3 Å². The van der Waals surface area contributed by atoms with Crippen molar-refractivity contribution in [1.29, 1.82) is 5.26 Å². The van der Waals surface area contributed by atoms with Crippen LogP contribution in [0.3, 0.4) is 0 Å². The first-order valence-electron chi connectivity index (χ1n) is 10.2. The fourth-order valence-corrected chi connectivity index (χ4v) is 3.99. The second-order valence-electron chi connectivity index (χ2n) is 7.05. The van der Waals surface area contributed by atoms with Gasteiger partial charge in [0.15, 0.2) is 0 Å². The van der Waals surface area contributed by atoms with Crippen LogP contribution in [0.25, 0.3) is 22.3 Å². The largest absolute Gasteiger partial charge is 0.334 e. The third-order valence-corrected chi connectivity index (χ3v) is 5.70. The van der Waals surface area contributed by atoms with Gasteiger partial charge in [-0.1, -0.05) is 30.3 Å². The molecule has 7 heteroatoms. The number of benzene rings is 1. The summed E-state index contributed by atoms with van der Waals surface area (Å²) in [5, 5.41) is 15.8. The molecule has 0 spiro atoms. The number of pyridine rings is 1. The van der Waals surface area contributed by atoms with Crippen molar-refractivity contribution in [1.82, 2.24) is 19.7 Å². The number of nitrogens with zero attached hydrogens (tertiary/aromatic N) is 5. The van der Waals surface area contributed by atoms with Crippen LogP contribution in [0.4, 0.5) is 0 Å². The van der Waals surface area contributed by atoms with Gasteiger partial charge in [0.2, 0.25) is 5.91 Å². The third-order valence-electron chi connectivity index (χ3n) is 4.82. The van der Waals surface area contributed by atoms with Crippen molar-refractivity contribution in [2.75, 3.05) is 6.54 Å². The van der Waals surface area contributed by atoms with Crippen LogP contribution in [-0.4, -0.2) is 32.1 Å². The van der Waals surface area contributed by atoms with Crippen LogP contribution in [0.1, 0.15) is 17.5 Å². The lowest BCUT2D eigenvalue weighted by Crippen LogP contribution is -2.29. The molecule has 3 heterocycles. The molecule has 1 aromatic carbocycles. The molecule has 3 aromatic heterocycles. The van der Waals surface area contributed by atoms with Crippen LogP contribution in [0.15, 0.2) is 84.6 Å². The van der Waals surface area contributed by atoms with Crippen LogP contribution >= 0.6 is 11.3 Å². The van der Waals surface area contributed by atoms with Gasteiger partial charge in [-0.3, -0.25) is 9.78 Å². The molecule has 1 amide bonds. The highest BCUT2D eigenvalue weighted by molar-refractivity contribution is 7.13. The maximum atomic E-state index is 13.0. The van der Waals surface area contributed by atoms with Crippen LogP contribution < -0.4 is 0 Å². The highest BCUT2D eigenvalue weighted by Crippen LogP contribution is 2.28. The summed E-state index contributed by atoms with van der Waals surface area (Å²) in [5.74, 6) is -0.159. The molecule has 0 aliphatic carbocycles. The van der Waals surface area contributed by atoms with E-state index in [9.17, 15) is 4.79 Å². The number of rotatable bonds is 8. The SMILES string of the molecule is N#CCCN(Cc1cccnc1)C(=O)/C=C/c1cn(-c2ccccc2)nc1-c1cccs1.